The molecule has 0 fully saturated rings. The first-order valence-electron chi connectivity index (χ1n) is 6.70. The quantitative estimate of drug-likeness (QED) is 0.843. The van der Waals surface area contributed by atoms with E-state index in [1.165, 1.54) is 11.1 Å². The molecule has 1 atom stereocenters. The summed E-state index contributed by atoms with van der Waals surface area (Å²) in [4.78, 5) is 4.46. The summed E-state index contributed by atoms with van der Waals surface area (Å²) in [6.07, 6.45) is 2.71. The number of pyridine rings is 1. The zero-order valence-electron chi connectivity index (χ0n) is 11.7. The molecule has 1 unspecified atom stereocenters. The van der Waals surface area contributed by atoms with E-state index in [0.29, 0.717) is 0 Å². The van der Waals surface area contributed by atoms with Crippen molar-refractivity contribution in [2.45, 2.75) is 26.3 Å². The van der Waals surface area contributed by atoms with Crippen LogP contribution >= 0.6 is 27.5 Å². The SMILES string of the molecule is CCNC(Cc1ccc(Br)cn1)c1ccc(Cl)cc1C. The van der Waals surface area contributed by atoms with Gasteiger partial charge in [0.25, 0.3) is 0 Å². The van der Waals surface area contributed by atoms with Crippen LogP contribution in [0.4, 0.5) is 0 Å². The number of aryl methyl sites for hydroxylation is 1. The van der Waals surface area contributed by atoms with Crippen LogP contribution in [0, 0.1) is 6.92 Å². The van der Waals surface area contributed by atoms with Crippen LogP contribution in [-0.2, 0) is 6.42 Å². The Labute approximate surface area is 133 Å². The molecule has 0 spiro atoms. The molecule has 0 aliphatic rings. The standard InChI is InChI=1S/C16H18BrClN2/c1-3-19-16(9-14-6-4-12(17)10-20-14)15-7-5-13(18)8-11(15)2/h4-8,10,16,19H,3,9H2,1-2H3. The second-order valence-corrected chi connectivity index (χ2v) is 6.14. The van der Waals surface area contributed by atoms with E-state index in [1.807, 2.05) is 24.4 Å². The summed E-state index contributed by atoms with van der Waals surface area (Å²) in [5.74, 6) is 0. The van der Waals surface area contributed by atoms with E-state index >= 15 is 0 Å². The summed E-state index contributed by atoms with van der Waals surface area (Å²) >= 11 is 9.45. The van der Waals surface area contributed by atoms with E-state index in [4.69, 9.17) is 11.6 Å². The van der Waals surface area contributed by atoms with Crippen LogP contribution in [0.5, 0.6) is 0 Å². The summed E-state index contributed by atoms with van der Waals surface area (Å²) in [6.45, 7) is 5.14. The van der Waals surface area contributed by atoms with Crippen LogP contribution in [-0.4, -0.2) is 11.5 Å². The molecule has 0 radical (unpaired) electrons. The molecule has 4 heteroatoms. The van der Waals surface area contributed by atoms with Crippen molar-refractivity contribution in [3.05, 3.63) is 62.8 Å². The molecule has 1 aromatic heterocycles. The fourth-order valence-electron chi connectivity index (χ4n) is 2.30. The number of hydrogen-bond donors (Lipinski definition) is 1. The third kappa shape index (κ3) is 4.05. The number of aromatic nitrogens is 1. The molecule has 106 valence electrons. The Morgan fingerprint density at radius 3 is 2.70 bits per heavy atom. The fourth-order valence-corrected chi connectivity index (χ4v) is 2.77. The van der Waals surface area contributed by atoms with Gasteiger partial charge in [-0.1, -0.05) is 24.6 Å². The minimum absolute atomic E-state index is 0.256. The van der Waals surface area contributed by atoms with E-state index in [-0.39, 0.29) is 6.04 Å². The summed E-state index contributed by atoms with van der Waals surface area (Å²) in [5.41, 5.74) is 3.56. The van der Waals surface area contributed by atoms with E-state index < -0.39 is 0 Å². The summed E-state index contributed by atoms with van der Waals surface area (Å²) in [7, 11) is 0. The Bertz CT molecular complexity index is 569. The van der Waals surface area contributed by atoms with E-state index in [1.54, 1.807) is 0 Å². The Kier molecular flexibility index (Phi) is 5.58. The number of rotatable bonds is 5. The van der Waals surface area contributed by atoms with Crippen molar-refractivity contribution < 1.29 is 0 Å². The zero-order valence-corrected chi connectivity index (χ0v) is 14.0. The number of benzene rings is 1. The smallest absolute Gasteiger partial charge is 0.0423 e. The van der Waals surface area contributed by atoms with E-state index in [9.17, 15) is 0 Å². The second-order valence-electron chi connectivity index (χ2n) is 4.78. The Hall–Kier alpha value is -0.900. The van der Waals surface area contributed by atoms with Crippen molar-refractivity contribution in [3.63, 3.8) is 0 Å². The molecule has 0 saturated carbocycles. The maximum atomic E-state index is 6.04. The van der Waals surface area contributed by atoms with Crippen LogP contribution in [0.25, 0.3) is 0 Å². The average Bonchev–Trinajstić information content (AvgIpc) is 2.41. The van der Waals surface area contributed by atoms with Gasteiger partial charge in [-0.05, 0) is 64.8 Å². The van der Waals surface area contributed by atoms with Crippen LogP contribution in [0.1, 0.15) is 29.8 Å². The number of nitrogens with one attached hydrogen (secondary N) is 1. The third-order valence-corrected chi connectivity index (χ3v) is 3.96. The van der Waals surface area contributed by atoms with Crippen molar-refractivity contribution in [2.75, 3.05) is 6.54 Å². The second kappa shape index (κ2) is 7.21. The Morgan fingerprint density at radius 1 is 1.30 bits per heavy atom. The monoisotopic (exact) mass is 352 g/mol. The van der Waals surface area contributed by atoms with Crippen LogP contribution in [0.2, 0.25) is 5.02 Å². The summed E-state index contributed by atoms with van der Waals surface area (Å²) < 4.78 is 1.00. The van der Waals surface area contributed by atoms with Gasteiger partial charge in [0.05, 0.1) is 0 Å². The number of hydrogen-bond acceptors (Lipinski definition) is 2. The predicted octanol–water partition coefficient (Wildman–Crippen LogP) is 4.70. The molecule has 1 N–H and O–H groups in total. The van der Waals surface area contributed by atoms with E-state index in [0.717, 1.165) is 28.2 Å². The molecule has 0 saturated heterocycles. The van der Waals surface area contributed by atoms with Crippen molar-refractivity contribution in [3.8, 4) is 0 Å². The molecule has 20 heavy (non-hydrogen) atoms. The summed E-state index contributed by atoms with van der Waals surface area (Å²) in [5, 5.41) is 4.31. The van der Waals surface area contributed by atoms with Gasteiger partial charge in [0.2, 0.25) is 0 Å². The van der Waals surface area contributed by atoms with Gasteiger partial charge in [-0.2, -0.15) is 0 Å². The fraction of sp³-hybridized carbons (Fsp3) is 0.312. The van der Waals surface area contributed by atoms with Crippen LogP contribution in [0.15, 0.2) is 41.0 Å². The number of halogens is 2. The summed E-state index contributed by atoms with van der Waals surface area (Å²) in [6, 6.07) is 10.4. The van der Waals surface area contributed by atoms with E-state index in [2.05, 4.69) is 52.2 Å². The van der Waals surface area contributed by atoms with Crippen molar-refractivity contribution in [1.29, 1.82) is 0 Å². The molecule has 2 nitrogen and oxygen atoms in total. The van der Waals surface area contributed by atoms with Crippen molar-refractivity contribution >= 4 is 27.5 Å². The van der Waals surface area contributed by atoms with Gasteiger partial charge in [-0.25, -0.2) is 0 Å². The third-order valence-electron chi connectivity index (χ3n) is 3.26. The van der Waals surface area contributed by atoms with Gasteiger partial charge in [-0.15, -0.1) is 0 Å². The molecule has 2 aromatic rings. The maximum absolute atomic E-state index is 6.04. The van der Waals surface area contributed by atoms with Gasteiger partial charge in [-0.3, -0.25) is 4.98 Å². The van der Waals surface area contributed by atoms with Gasteiger partial charge in [0.1, 0.15) is 0 Å². The lowest BCUT2D eigenvalue weighted by molar-refractivity contribution is 0.541. The molecule has 2 rings (SSSR count). The normalized spacial score (nSPS) is 12.4. The average molecular weight is 354 g/mol. The molecule has 0 amide bonds. The van der Waals surface area contributed by atoms with Crippen LogP contribution in [0.3, 0.4) is 0 Å². The number of nitrogens with zero attached hydrogens (tertiary/aromatic N) is 1. The minimum atomic E-state index is 0.256. The highest BCUT2D eigenvalue weighted by Crippen LogP contribution is 2.24. The first kappa shape index (κ1) is 15.5. The van der Waals surface area contributed by atoms with Gasteiger partial charge < -0.3 is 5.32 Å². The van der Waals surface area contributed by atoms with Crippen molar-refractivity contribution in [1.82, 2.24) is 10.3 Å². The van der Waals surface area contributed by atoms with Gasteiger partial charge in [0.15, 0.2) is 0 Å². The molecule has 1 aromatic carbocycles. The molecule has 1 heterocycles. The van der Waals surface area contributed by atoms with Crippen molar-refractivity contribution in [2.24, 2.45) is 0 Å². The minimum Gasteiger partial charge on any atom is -0.310 e. The lowest BCUT2D eigenvalue weighted by Gasteiger charge is -2.20. The zero-order chi connectivity index (χ0) is 14.5. The maximum Gasteiger partial charge on any atom is 0.0423 e. The topological polar surface area (TPSA) is 24.9 Å². The number of likely N-dealkylation sites (N-methyl/N-ethyl adjacent to an activating group) is 1. The highest BCUT2D eigenvalue weighted by molar-refractivity contribution is 9.10. The van der Waals surface area contributed by atoms with Gasteiger partial charge >= 0.3 is 0 Å². The molecule has 0 aliphatic carbocycles. The molecular formula is C16H18BrClN2. The highest BCUT2D eigenvalue weighted by Gasteiger charge is 2.14. The Morgan fingerprint density at radius 2 is 2.10 bits per heavy atom. The molecule has 0 bridgehead atoms. The molecule has 0 aliphatic heterocycles. The largest absolute Gasteiger partial charge is 0.310 e. The van der Waals surface area contributed by atoms with Crippen LogP contribution < -0.4 is 5.32 Å². The predicted molar refractivity (Wildman–Crippen MR) is 88.2 cm³/mol. The highest BCUT2D eigenvalue weighted by atomic mass is 79.9. The first-order valence-corrected chi connectivity index (χ1v) is 7.87. The first-order chi connectivity index (χ1) is 9.60. The molecular weight excluding hydrogens is 336 g/mol. The lowest BCUT2D eigenvalue weighted by atomic mass is 9.97. The Balaban J connectivity index is 2.24. The lowest BCUT2D eigenvalue weighted by Crippen LogP contribution is -2.24. The van der Waals surface area contributed by atoms with Gasteiger partial charge in [0, 0.05) is 33.8 Å².